The summed E-state index contributed by atoms with van der Waals surface area (Å²) in [4.78, 5) is 4.64. The van der Waals surface area contributed by atoms with Crippen molar-refractivity contribution in [3.8, 4) is 16.9 Å². The van der Waals surface area contributed by atoms with E-state index in [4.69, 9.17) is 4.74 Å². The van der Waals surface area contributed by atoms with E-state index in [1.54, 1.807) is 0 Å². The van der Waals surface area contributed by atoms with Gasteiger partial charge in [-0.15, -0.1) is 0 Å². The van der Waals surface area contributed by atoms with Crippen LogP contribution in [0.4, 0.5) is 34.1 Å². The Labute approximate surface area is 355 Å². The molecule has 0 spiro atoms. The van der Waals surface area contributed by atoms with Crippen molar-refractivity contribution in [2.45, 2.75) is 27.7 Å². The van der Waals surface area contributed by atoms with E-state index in [-0.39, 0.29) is 0 Å². The van der Waals surface area contributed by atoms with Crippen molar-refractivity contribution in [1.82, 2.24) is 0 Å². The van der Waals surface area contributed by atoms with Crippen LogP contribution in [-0.4, -0.2) is 6.61 Å². The third kappa shape index (κ3) is 9.49. The first-order valence-corrected chi connectivity index (χ1v) is 20.7. The Morgan fingerprint density at radius 3 is 1.08 bits per heavy atom. The van der Waals surface area contributed by atoms with Gasteiger partial charge in [0.05, 0.1) is 6.61 Å². The third-order valence-corrected chi connectivity index (χ3v) is 10.8. The number of aryl methyl sites for hydroxylation is 3. The minimum absolute atomic E-state index is 0.666. The first-order valence-electron chi connectivity index (χ1n) is 20.7. The van der Waals surface area contributed by atoms with Gasteiger partial charge in [0.15, 0.2) is 0 Å². The summed E-state index contributed by atoms with van der Waals surface area (Å²) in [6.07, 6.45) is 8.66. The summed E-state index contributed by atoms with van der Waals surface area (Å²) in [6.45, 7) is 9.07. The molecule has 8 aromatic carbocycles. The molecule has 0 bridgehead atoms. The van der Waals surface area contributed by atoms with E-state index in [0.29, 0.717) is 6.61 Å². The molecule has 0 unspecified atom stereocenters. The highest BCUT2D eigenvalue weighted by Gasteiger charge is 2.15. The molecule has 0 aliphatic rings. The quantitative estimate of drug-likeness (QED) is 0.108. The van der Waals surface area contributed by atoms with Crippen LogP contribution < -0.4 is 14.5 Å². The van der Waals surface area contributed by atoms with E-state index < -0.39 is 0 Å². The monoisotopic (exact) mass is 778 g/mol. The van der Waals surface area contributed by atoms with Crippen LogP contribution in [0.25, 0.3) is 35.4 Å². The minimum atomic E-state index is 0.666. The van der Waals surface area contributed by atoms with Crippen LogP contribution in [0.2, 0.25) is 0 Å². The summed E-state index contributed by atoms with van der Waals surface area (Å²) < 4.78 is 5.60. The predicted molar refractivity (Wildman–Crippen MR) is 257 cm³/mol. The van der Waals surface area contributed by atoms with Gasteiger partial charge in [0.25, 0.3) is 0 Å². The average Bonchev–Trinajstić information content (AvgIpc) is 3.29. The van der Waals surface area contributed by atoms with Gasteiger partial charge in [-0.25, -0.2) is 0 Å². The van der Waals surface area contributed by atoms with Gasteiger partial charge in [-0.3, -0.25) is 0 Å². The third-order valence-electron chi connectivity index (χ3n) is 10.8. The lowest BCUT2D eigenvalue weighted by molar-refractivity contribution is 0.340. The fourth-order valence-electron chi connectivity index (χ4n) is 7.35. The van der Waals surface area contributed by atoms with E-state index >= 15 is 0 Å². The lowest BCUT2D eigenvalue weighted by Gasteiger charge is -2.26. The van der Waals surface area contributed by atoms with Crippen molar-refractivity contribution in [1.29, 1.82) is 0 Å². The first kappa shape index (κ1) is 39.5. The fourth-order valence-corrected chi connectivity index (χ4v) is 7.35. The maximum atomic E-state index is 5.60. The van der Waals surface area contributed by atoms with Crippen LogP contribution in [0.15, 0.2) is 194 Å². The summed E-state index contributed by atoms with van der Waals surface area (Å²) in [5, 5.41) is 0. The largest absolute Gasteiger partial charge is 0.494 e. The second-order valence-corrected chi connectivity index (χ2v) is 15.1. The molecule has 0 atom stereocenters. The SMILES string of the molecule is CCOc1ccc(/C=C/c2ccc(N(c3ccc(C)cc3)c3ccc(-c4ccc(N(c5ccc(C)cc5)c5ccc(/C=C/c6ccccc6C)cc5)cc4)cc3)cc2)cc1. The summed E-state index contributed by atoms with van der Waals surface area (Å²) in [7, 11) is 0. The molecule has 0 aliphatic carbocycles. The number of benzene rings is 8. The van der Waals surface area contributed by atoms with Gasteiger partial charge in [-0.2, -0.15) is 0 Å². The molecule has 0 radical (unpaired) electrons. The Balaban J connectivity index is 1.03. The number of anilines is 6. The van der Waals surface area contributed by atoms with Crippen LogP contribution >= 0.6 is 0 Å². The van der Waals surface area contributed by atoms with Crippen molar-refractivity contribution in [2.75, 3.05) is 16.4 Å². The number of hydrogen-bond donors (Lipinski definition) is 0. The summed E-state index contributed by atoms with van der Waals surface area (Å²) in [5.41, 5.74) is 17.4. The van der Waals surface area contributed by atoms with Crippen molar-refractivity contribution in [2.24, 2.45) is 0 Å². The molecule has 0 saturated carbocycles. The molecule has 8 aromatic rings. The van der Waals surface area contributed by atoms with Crippen molar-refractivity contribution in [3.05, 3.63) is 233 Å². The molecule has 0 aliphatic heterocycles. The second kappa shape index (κ2) is 18.5. The van der Waals surface area contributed by atoms with Gasteiger partial charge in [-0.1, -0.05) is 145 Å². The summed E-state index contributed by atoms with van der Waals surface area (Å²) in [6, 6.07) is 69.4. The highest BCUT2D eigenvalue weighted by molar-refractivity contribution is 5.82. The molecule has 60 heavy (non-hydrogen) atoms. The van der Waals surface area contributed by atoms with Crippen LogP contribution in [0.1, 0.15) is 45.9 Å². The Bertz CT molecular complexity index is 2670. The molecule has 8 rings (SSSR count). The molecule has 0 N–H and O–H groups in total. The number of ether oxygens (including phenoxy) is 1. The lowest BCUT2D eigenvalue weighted by Crippen LogP contribution is -2.10. The Morgan fingerprint density at radius 1 is 0.367 bits per heavy atom. The van der Waals surface area contributed by atoms with Crippen molar-refractivity contribution < 1.29 is 4.74 Å². The summed E-state index contributed by atoms with van der Waals surface area (Å²) >= 11 is 0. The lowest BCUT2D eigenvalue weighted by atomic mass is 10.0. The maximum absolute atomic E-state index is 5.60. The molecule has 0 fully saturated rings. The van der Waals surface area contributed by atoms with Crippen LogP contribution in [0.3, 0.4) is 0 Å². The van der Waals surface area contributed by atoms with Gasteiger partial charge in [0.1, 0.15) is 5.75 Å². The smallest absolute Gasteiger partial charge is 0.119 e. The molecule has 0 saturated heterocycles. The van der Waals surface area contributed by atoms with E-state index in [9.17, 15) is 0 Å². The Hall–Kier alpha value is -7.36. The zero-order valence-corrected chi connectivity index (χ0v) is 34.8. The Kier molecular flexibility index (Phi) is 12.2. The molecule has 0 aromatic heterocycles. The van der Waals surface area contributed by atoms with Gasteiger partial charge in [-0.05, 0) is 152 Å². The highest BCUT2D eigenvalue weighted by atomic mass is 16.5. The topological polar surface area (TPSA) is 15.7 Å². The molecular weight excluding hydrogens is 729 g/mol. The first-order chi connectivity index (χ1) is 29.4. The second-order valence-electron chi connectivity index (χ2n) is 15.1. The maximum Gasteiger partial charge on any atom is 0.119 e. The zero-order chi connectivity index (χ0) is 41.3. The van der Waals surface area contributed by atoms with E-state index in [0.717, 1.165) is 67.7 Å². The Morgan fingerprint density at radius 2 is 0.700 bits per heavy atom. The van der Waals surface area contributed by atoms with E-state index in [1.807, 2.05) is 19.1 Å². The molecule has 294 valence electrons. The minimum Gasteiger partial charge on any atom is -0.494 e. The van der Waals surface area contributed by atoms with E-state index in [1.165, 1.54) is 22.3 Å². The molecular formula is C57H50N2O. The van der Waals surface area contributed by atoms with Crippen molar-refractivity contribution >= 4 is 58.4 Å². The fraction of sp³-hybridized carbons (Fsp3) is 0.0877. The van der Waals surface area contributed by atoms with Gasteiger partial charge in [0.2, 0.25) is 0 Å². The van der Waals surface area contributed by atoms with Gasteiger partial charge < -0.3 is 14.5 Å². The number of hydrogen-bond acceptors (Lipinski definition) is 3. The van der Waals surface area contributed by atoms with E-state index in [2.05, 4.69) is 237 Å². The molecule has 0 amide bonds. The zero-order valence-electron chi connectivity index (χ0n) is 34.8. The van der Waals surface area contributed by atoms with Crippen LogP contribution in [-0.2, 0) is 0 Å². The number of nitrogens with zero attached hydrogens (tertiary/aromatic N) is 2. The van der Waals surface area contributed by atoms with Gasteiger partial charge in [0, 0.05) is 34.1 Å². The molecule has 0 heterocycles. The highest BCUT2D eigenvalue weighted by Crippen LogP contribution is 2.38. The van der Waals surface area contributed by atoms with Crippen LogP contribution in [0.5, 0.6) is 5.75 Å². The molecule has 3 heteroatoms. The normalized spacial score (nSPS) is 11.3. The van der Waals surface area contributed by atoms with Crippen molar-refractivity contribution in [3.63, 3.8) is 0 Å². The predicted octanol–water partition coefficient (Wildman–Crippen LogP) is 16.0. The average molecular weight is 779 g/mol. The van der Waals surface area contributed by atoms with Crippen LogP contribution in [0, 0.1) is 20.8 Å². The number of rotatable bonds is 13. The molecule has 3 nitrogen and oxygen atoms in total. The van der Waals surface area contributed by atoms with Gasteiger partial charge >= 0.3 is 0 Å². The summed E-state index contributed by atoms with van der Waals surface area (Å²) in [5.74, 6) is 0.891. The standard InChI is InChI=1S/C57H50N2O/c1-5-60-57-40-21-46(22-41-57)15-14-45-17-32-53(33-18-45)58(51-28-10-42(2)11-29-51)55-36-24-49(25-37-55)50-26-38-56(39-27-50)59(52-30-12-43(3)13-31-52)54-34-19-47(20-35-54)16-23-48-9-7-6-8-44(48)4/h6-41H,5H2,1-4H3/b15-14+,23-16+.